The minimum absolute atomic E-state index is 0.359. The summed E-state index contributed by atoms with van der Waals surface area (Å²) >= 11 is 0. The summed E-state index contributed by atoms with van der Waals surface area (Å²) in [6, 6.07) is 0. The lowest BCUT2D eigenvalue weighted by atomic mass is 10.1. The van der Waals surface area contributed by atoms with Crippen LogP contribution < -0.4 is 0 Å². The van der Waals surface area contributed by atoms with Crippen molar-refractivity contribution < 1.29 is 23.3 Å². The Labute approximate surface area is 131 Å². The third kappa shape index (κ3) is 7.36. The number of rotatable bonds is 12. The van der Waals surface area contributed by atoms with Crippen LogP contribution in [0.4, 0.5) is 0 Å². The number of hydrogen-bond acceptors (Lipinski definition) is 5. The molecule has 0 amide bonds. The molecule has 0 saturated heterocycles. The molecule has 21 heavy (non-hydrogen) atoms. The highest BCUT2D eigenvalue weighted by Gasteiger charge is 2.53. The second-order valence-electron chi connectivity index (χ2n) is 5.97. The van der Waals surface area contributed by atoms with E-state index < -0.39 is 17.6 Å². The van der Waals surface area contributed by atoms with Crippen molar-refractivity contribution >= 4 is 17.6 Å². The van der Waals surface area contributed by atoms with Gasteiger partial charge in [0, 0.05) is 11.1 Å². The molecule has 128 valence electrons. The van der Waals surface area contributed by atoms with Crippen LogP contribution in [0, 0.1) is 0 Å². The van der Waals surface area contributed by atoms with Crippen LogP contribution >= 0.6 is 0 Å². The van der Waals surface area contributed by atoms with E-state index in [1.807, 2.05) is 27.7 Å². The first-order valence-electron chi connectivity index (χ1n) is 8.34. The van der Waals surface area contributed by atoms with Crippen molar-refractivity contribution in [3.63, 3.8) is 0 Å². The van der Waals surface area contributed by atoms with Gasteiger partial charge < -0.3 is 23.3 Å². The molecule has 0 rings (SSSR count). The summed E-state index contributed by atoms with van der Waals surface area (Å²) in [7, 11) is -8.14. The molecule has 7 heteroatoms. The van der Waals surface area contributed by atoms with Crippen molar-refractivity contribution in [1.82, 2.24) is 0 Å². The van der Waals surface area contributed by atoms with Crippen LogP contribution in [0.2, 0.25) is 11.1 Å². The van der Waals surface area contributed by atoms with Crippen LogP contribution in [0.3, 0.4) is 0 Å². The van der Waals surface area contributed by atoms with Gasteiger partial charge in [-0.2, -0.15) is 0 Å². The third-order valence-electron chi connectivity index (χ3n) is 3.91. The van der Waals surface area contributed by atoms with Gasteiger partial charge in [-0.3, -0.25) is 0 Å². The van der Waals surface area contributed by atoms with Gasteiger partial charge in [0.25, 0.3) is 0 Å². The molecular weight excluding hydrogens is 304 g/mol. The van der Waals surface area contributed by atoms with E-state index in [0.29, 0.717) is 25.7 Å². The molecular formula is C14H34O5Si2. The summed E-state index contributed by atoms with van der Waals surface area (Å²) < 4.78 is 5.26. The smallest absolute Gasteiger partial charge is 0.390 e. The van der Waals surface area contributed by atoms with Crippen molar-refractivity contribution in [3.8, 4) is 0 Å². The summed E-state index contributed by atoms with van der Waals surface area (Å²) in [5, 5.41) is 0. The van der Waals surface area contributed by atoms with Gasteiger partial charge in [-0.1, -0.05) is 53.4 Å². The second kappa shape index (κ2) is 10.1. The molecule has 0 spiro atoms. The van der Waals surface area contributed by atoms with Crippen molar-refractivity contribution in [1.29, 1.82) is 0 Å². The quantitative estimate of drug-likeness (QED) is 0.411. The Hall–Kier alpha value is 0.234. The average Bonchev–Trinajstić information content (AvgIpc) is 2.37. The molecule has 0 aromatic carbocycles. The van der Waals surface area contributed by atoms with E-state index in [1.54, 1.807) is 0 Å². The van der Waals surface area contributed by atoms with Gasteiger partial charge in [-0.05, 0) is 25.7 Å². The zero-order valence-electron chi connectivity index (χ0n) is 14.0. The van der Waals surface area contributed by atoms with E-state index in [4.69, 9.17) is 4.12 Å². The van der Waals surface area contributed by atoms with E-state index in [-0.39, 0.29) is 11.1 Å². The van der Waals surface area contributed by atoms with Crippen LogP contribution in [0.5, 0.6) is 0 Å². The maximum absolute atomic E-state index is 10.3. The summed E-state index contributed by atoms with van der Waals surface area (Å²) in [6.45, 7) is 7.92. The molecule has 0 aliphatic heterocycles. The van der Waals surface area contributed by atoms with Gasteiger partial charge in [0.1, 0.15) is 0 Å². The van der Waals surface area contributed by atoms with Crippen LogP contribution in [0.25, 0.3) is 0 Å². The zero-order valence-corrected chi connectivity index (χ0v) is 16.0. The Kier molecular flexibility index (Phi) is 10.2. The normalized spacial score (nSPS) is 13.4. The maximum Gasteiger partial charge on any atom is 0.491 e. The average molecular weight is 339 g/mol. The molecule has 0 radical (unpaired) electrons. The van der Waals surface area contributed by atoms with Gasteiger partial charge in [0.2, 0.25) is 0 Å². The molecule has 5 nitrogen and oxygen atoms in total. The second-order valence-corrected chi connectivity index (χ2v) is 11.1. The van der Waals surface area contributed by atoms with Gasteiger partial charge in [-0.15, -0.1) is 0 Å². The molecule has 0 saturated carbocycles. The summed E-state index contributed by atoms with van der Waals surface area (Å²) in [5.74, 6) is 0. The summed E-state index contributed by atoms with van der Waals surface area (Å²) in [5.41, 5.74) is -0.717. The molecule has 0 aromatic rings. The molecule has 0 fully saturated rings. The Bertz CT molecular complexity index is 236. The van der Waals surface area contributed by atoms with E-state index in [9.17, 15) is 19.2 Å². The fourth-order valence-electron chi connectivity index (χ4n) is 2.82. The molecule has 0 heterocycles. The standard InChI is InChI=1S/C14H34O5Si2/c1-5-9-13(10-6-2)20(15,16)19-21(17,18)14(11-7-3)12-8-4/h13-18H,5-12H2,1-4H3. The first-order chi connectivity index (χ1) is 9.75. The lowest BCUT2D eigenvalue weighted by Gasteiger charge is -2.35. The monoisotopic (exact) mass is 338 g/mol. The van der Waals surface area contributed by atoms with Crippen LogP contribution in [0.1, 0.15) is 79.1 Å². The van der Waals surface area contributed by atoms with Gasteiger partial charge >= 0.3 is 17.6 Å². The highest BCUT2D eigenvalue weighted by Crippen LogP contribution is 2.35. The first kappa shape index (κ1) is 21.2. The molecule has 0 unspecified atom stereocenters. The number of hydrogen-bond donors (Lipinski definition) is 4. The molecule has 0 aliphatic carbocycles. The fourth-order valence-corrected chi connectivity index (χ4v) is 8.58. The Morgan fingerprint density at radius 3 is 1.05 bits per heavy atom. The Balaban J connectivity index is 4.97. The Morgan fingerprint density at radius 2 is 0.857 bits per heavy atom. The van der Waals surface area contributed by atoms with Crippen LogP contribution in [-0.2, 0) is 4.12 Å². The SMILES string of the molecule is CCCC(CCC)[Si](O)(O)O[Si](O)(O)C(CCC)CCC. The summed E-state index contributed by atoms with van der Waals surface area (Å²) in [4.78, 5) is 41.4. The largest absolute Gasteiger partial charge is 0.491 e. The fraction of sp³-hybridized carbons (Fsp3) is 1.00. The van der Waals surface area contributed by atoms with E-state index in [0.717, 1.165) is 25.7 Å². The minimum atomic E-state index is -4.07. The predicted molar refractivity (Wildman–Crippen MR) is 88.6 cm³/mol. The molecule has 4 N–H and O–H groups in total. The highest BCUT2D eigenvalue weighted by molar-refractivity contribution is 6.73. The van der Waals surface area contributed by atoms with Crippen molar-refractivity contribution in [2.75, 3.05) is 0 Å². The Morgan fingerprint density at radius 1 is 0.619 bits per heavy atom. The lowest BCUT2D eigenvalue weighted by Crippen LogP contribution is -2.57. The summed E-state index contributed by atoms with van der Waals surface area (Å²) in [6.07, 6.45) is 5.86. The lowest BCUT2D eigenvalue weighted by molar-refractivity contribution is 0.130. The predicted octanol–water partition coefficient (Wildman–Crippen LogP) is 2.79. The van der Waals surface area contributed by atoms with Crippen LogP contribution in [-0.4, -0.2) is 36.8 Å². The molecule has 0 bridgehead atoms. The molecule has 0 atom stereocenters. The van der Waals surface area contributed by atoms with Crippen molar-refractivity contribution in [2.45, 2.75) is 90.1 Å². The van der Waals surface area contributed by atoms with Gasteiger partial charge in [0.05, 0.1) is 0 Å². The zero-order chi connectivity index (χ0) is 16.5. The van der Waals surface area contributed by atoms with Gasteiger partial charge in [-0.25, -0.2) is 0 Å². The maximum atomic E-state index is 10.3. The highest BCUT2D eigenvalue weighted by atomic mass is 28.5. The topological polar surface area (TPSA) is 90.2 Å². The van der Waals surface area contributed by atoms with Gasteiger partial charge in [0.15, 0.2) is 0 Å². The molecule has 0 aromatic heterocycles. The van der Waals surface area contributed by atoms with E-state index in [1.165, 1.54) is 0 Å². The molecule has 0 aliphatic rings. The van der Waals surface area contributed by atoms with Crippen molar-refractivity contribution in [3.05, 3.63) is 0 Å². The third-order valence-corrected chi connectivity index (χ3v) is 9.60. The van der Waals surface area contributed by atoms with E-state index in [2.05, 4.69) is 0 Å². The van der Waals surface area contributed by atoms with Crippen LogP contribution in [0.15, 0.2) is 0 Å². The van der Waals surface area contributed by atoms with Crippen molar-refractivity contribution in [2.24, 2.45) is 0 Å². The first-order valence-corrected chi connectivity index (χ1v) is 12.1. The minimum Gasteiger partial charge on any atom is -0.390 e. The van der Waals surface area contributed by atoms with E-state index >= 15 is 0 Å².